The number of hydrogen-bond acceptors (Lipinski definition) is 5. The summed E-state index contributed by atoms with van der Waals surface area (Å²) in [5, 5.41) is 3.05. The Hall–Kier alpha value is -2.74. The third-order valence-electron chi connectivity index (χ3n) is 5.03. The standard InChI is InChI=1S/C22H28N2O5S/c1-4-19(17-9-7-16(2)8-10-17)23-22(25)6-5-13-24(30(3,26)27)18-11-12-20-21(14-18)29-15-28-20/h7-12,14,19H,4-6,13,15H2,1-3H3,(H,23,25)/t19-/m0/s1. The Bertz CT molecular complexity index is 989. The molecule has 0 unspecified atom stereocenters. The lowest BCUT2D eigenvalue weighted by Crippen LogP contribution is -2.33. The summed E-state index contributed by atoms with van der Waals surface area (Å²) in [6.07, 6.45) is 2.57. The Morgan fingerprint density at radius 1 is 1.13 bits per heavy atom. The van der Waals surface area contributed by atoms with Crippen LogP contribution in [0.15, 0.2) is 42.5 Å². The second-order valence-electron chi connectivity index (χ2n) is 7.42. The number of fused-ring (bicyclic) bond motifs is 1. The van der Waals surface area contributed by atoms with Crippen LogP contribution in [0.25, 0.3) is 0 Å². The van der Waals surface area contributed by atoms with Gasteiger partial charge in [-0.15, -0.1) is 0 Å². The van der Waals surface area contributed by atoms with E-state index in [1.165, 1.54) is 9.87 Å². The molecule has 0 fully saturated rings. The maximum Gasteiger partial charge on any atom is 0.232 e. The molecular formula is C22H28N2O5S. The number of carbonyl (C=O) groups excluding carboxylic acids is 1. The molecule has 0 radical (unpaired) electrons. The monoisotopic (exact) mass is 432 g/mol. The first kappa shape index (κ1) is 22.0. The average Bonchev–Trinajstić information content (AvgIpc) is 3.17. The topological polar surface area (TPSA) is 84.9 Å². The lowest BCUT2D eigenvalue weighted by molar-refractivity contribution is -0.121. The van der Waals surface area contributed by atoms with Crippen molar-refractivity contribution in [3.8, 4) is 11.5 Å². The Balaban J connectivity index is 1.59. The molecule has 1 atom stereocenters. The van der Waals surface area contributed by atoms with Gasteiger partial charge in [-0.2, -0.15) is 0 Å². The minimum absolute atomic E-state index is 0.0574. The minimum Gasteiger partial charge on any atom is -0.454 e. The number of amides is 1. The van der Waals surface area contributed by atoms with E-state index in [9.17, 15) is 13.2 Å². The van der Waals surface area contributed by atoms with Crippen LogP contribution < -0.4 is 19.1 Å². The van der Waals surface area contributed by atoms with Gasteiger partial charge in [-0.3, -0.25) is 9.10 Å². The van der Waals surface area contributed by atoms with E-state index in [4.69, 9.17) is 9.47 Å². The van der Waals surface area contributed by atoms with Crippen molar-refractivity contribution < 1.29 is 22.7 Å². The summed E-state index contributed by atoms with van der Waals surface area (Å²) in [5.74, 6) is 1.01. The fourth-order valence-electron chi connectivity index (χ4n) is 3.40. The van der Waals surface area contributed by atoms with Gasteiger partial charge in [0.1, 0.15) is 0 Å². The van der Waals surface area contributed by atoms with Crippen LogP contribution in [0.4, 0.5) is 5.69 Å². The molecule has 0 spiro atoms. The van der Waals surface area contributed by atoms with E-state index in [1.54, 1.807) is 18.2 Å². The highest BCUT2D eigenvalue weighted by Gasteiger charge is 2.22. The van der Waals surface area contributed by atoms with E-state index < -0.39 is 10.0 Å². The second kappa shape index (κ2) is 9.38. The van der Waals surface area contributed by atoms with Crippen LogP contribution in [0, 0.1) is 6.92 Å². The van der Waals surface area contributed by atoms with Crippen molar-refractivity contribution in [1.29, 1.82) is 0 Å². The highest BCUT2D eigenvalue weighted by Crippen LogP contribution is 2.36. The maximum absolute atomic E-state index is 12.5. The fraction of sp³-hybridized carbons (Fsp3) is 0.409. The van der Waals surface area contributed by atoms with Crippen LogP contribution >= 0.6 is 0 Å². The first-order chi connectivity index (χ1) is 14.3. The molecule has 30 heavy (non-hydrogen) atoms. The molecule has 7 nitrogen and oxygen atoms in total. The number of anilines is 1. The van der Waals surface area contributed by atoms with E-state index in [0.717, 1.165) is 18.2 Å². The van der Waals surface area contributed by atoms with Crippen molar-refractivity contribution in [3.05, 3.63) is 53.6 Å². The van der Waals surface area contributed by atoms with Crippen molar-refractivity contribution >= 4 is 21.6 Å². The van der Waals surface area contributed by atoms with E-state index in [2.05, 4.69) is 5.32 Å². The number of benzene rings is 2. The number of nitrogens with zero attached hydrogens (tertiary/aromatic N) is 1. The van der Waals surface area contributed by atoms with Gasteiger partial charge in [-0.25, -0.2) is 8.42 Å². The number of carbonyl (C=O) groups is 1. The van der Waals surface area contributed by atoms with Gasteiger partial charge in [0, 0.05) is 19.0 Å². The Labute approximate surface area is 178 Å². The molecule has 1 heterocycles. The molecule has 3 rings (SSSR count). The summed E-state index contributed by atoms with van der Waals surface area (Å²) in [7, 11) is -3.50. The lowest BCUT2D eigenvalue weighted by atomic mass is 10.0. The summed E-state index contributed by atoms with van der Waals surface area (Å²) in [4.78, 5) is 12.5. The molecule has 2 aromatic carbocycles. The second-order valence-corrected chi connectivity index (χ2v) is 9.32. The van der Waals surface area contributed by atoms with Gasteiger partial charge in [0.2, 0.25) is 22.7 Å². The molecule has 0 saturated heterocycles. The van der Waals surface area contributed by atoms with Crippen LogP contribution in [0.5, 0.6) is 11.5 Å². The van der Waals surface area contributed by atoms with Crippen LogP contribution in [-0.4, -0.2) is 33.9 Å². The first-order valence-electron chi connectivity index (χ1n) is 10.0. The molecule has 1 aliphatic heterocycles. The van der Waals surface area contributed by atoms with E-state index in [-0.39, 0.29) is 31.7 Å². The Kier molecular flexibility index (Phi) is 6.87. The summed E-state index contributed by atoms with van der Waals surface area (Å²) in [5.41, 5.74) is 2.73. The molecule has 8 heteroatoms. The normalized spacial score (nSPS) is 13.7. The van der Waals surface area contributed by atoms with Crippen molar-refractivity contribution in [1.82, 2.24) is 5.32 Å². The van der Waals surface area contributed by atoms with E-state index in [1.807, 2.05) is 38.1 Å². The number of rotatable bonds is 9. The number of sulfonamides is 1. The molecule has 1 N–H and O–H groups in total. The highest BCUT2D eigenvalue weighted by atomic mass is 32.2. The van der Waals surface area contributed by atoms with Gasteiger partial charge in [0.05, 0.1) is 18.0 Å². The SMILES string of the molecule is CC[C@H](NC(=O)CCCN(c1ccc2c(c1)OCO2)S(C)(=O)=O)c1ccc(C)cc1. The predicted octanol–water partition coefficient (Wildman–Crippen LogP) is 3.54. The Morgan fingerprint density at radius 3 is 2.50 bits per heavy atom. The van der Waals surface area contributed by atoms with Gasteiger partial charge in [0.25, 0.3) is 0 Å². The average molecular weight is 433 g/mol. The quantitative estimate of drug-likeness (QED) is 0.655. The summed E-state index contributed by atoms with van der Waals surface area (Å²) in [6.45, 7) is 4.37. The first-order valence-corrected chi connectivity index (χ1v) is 11.9. The lowest BCUT2D eigenvalue weighted by Gasteiger charge is -2.23. The largest absolute Gasteiger partial charge is 0.454 e. The zero-order chi connectivity index (χ0) is 21.7. The molecule has 1 amide bonds. The van der Waals surface area contributed by atoms with Crippen molar-refractivity contribution in [2.45, 2.75) is 39.2 Å². The molecule has 162 valence electrons. The van der Waals surface area contributed by atoms with Crippen molar-refractivity contribution in [2.75, 3.05) is 23.9 Å². The van der Waals surface area contributed by atoms with Crippen LogP contribution in [0.3, 0.4) is 0 Å². The number of ether oxygens (including phenoxy) is 2. The number of hydrogen-bond donors (Lipinski definition) is 1. The van der Waals surface area contributed by atoms with Gasteiger partial charge >= 0.3 is 0 Å². The third-order valence-corrected chi connectivity index (χ3v) is 6.23. The van der Waals surface area contributed by atoms with Crippen molar-refractivity contribution in [2.24, 2.45) is 0 Å². The van der Waals surface area contributed by atoms with Gasteiger partial charge in [-0.1, -0.05) is 36.8 Å². The Morgan fingerprint density at radius 2 is 1.83 bits per heavy atom. The zero-order valence-corrected chi connectivity index (χ0v) is 18.4. The van der Waals surface area contributed by atoms with Gasteiger partial charge < -0.3 is 14.8 Å². The molecule has 2 aromatic rings. The number of nitrogens with one attached hydrogen (secondary N) is 1. The summed E-state index contributed by atoms with van der Waals surface area (Å²) in [6, 6.07) is 13.1. The highest BCUT2D eigenvalue weighted by molar-refractivity contribution is 7.92. The molecule has 0 bridgehead atoms. The van der Waals surface area contributed by atoms with Crippen LogP contribution in [0.2, 0.25) is 0 Å². The zero-order valence-electron chi connectivity index (χ0n) is 17.6. The molecule has 0 aromatic heterocycles. The van der Waals surface area contributed by atoms with Crippen LogP contribution in [0.1, 0.15) is 43.4 Å². The van der Waals surface area contributed by atoms with E-state index in [0.29, 0.717) is 23.6 Å². The maximum atomic E-state index is 12.5. The van der Waals surface area contributed by atoms with E-state index >= 15 is 0 Å². The molecular weight excluding hydrogens is 404 g/mol. The minimum atomic E-state index is -3.50. The van der Waals surface area contributed by atoms with Crippen LogP contribution in [-0.2, 0) is 14.8 Å². The van der Waals surface area contributed by atoms with Crippen molar-refractivity contribution in [3.63, 3.8) is 0 Å². The third kappa shape index (κ3) is 5.44. The summed E-state index contributed by atoms with van der Waals surface area (Å²) < 4.78 is 36.5. The van der Waals surface area contributed by atoms with Gasteiger partial charge in [-0.05, 0) is 37.5 Å². The summed E-state index contributed by atoms with van der Waals surface area (Å²) >= 11 is 0. The molecule has 0 saturated carbocycles. The predicted molar refractivity (Wildman–Crippen MR) is 116 cm³/mol. The molecule has 1 aliphatic rings. The van der Waals surface area contributed by atoms with Gasteiger partial charge in [0.15, 0.2) is 11.5 Å². The fourth-order valence-corrected chi connectivity index (χ4v) is 4.35. The smallest absolute Gasteiger partial charge is 0.232 e. The molecule has 0 aliphatic carbocycles. The number of aryl methyl sites for hydroxylation is 1.